The lowest BCUT2D eigenvalue weighted by Gasteiger charge is -2.33. The number of carbonyl (C=O) groups excluding carboxylic acids is 2. The van der Waals surface area contributed by atoms with Crippen LogP contribution >= 0.6 is 0 Å². The minimum absolute atomic E-state index is 0.0148. The summed E-state index contributed by atoms with van der Waals surface area (Å²) in [6.07, 6.45) is 1.10. The van der Waals surface area contributed by atoms with E-state index in [1.165, 1.54) is 5.56 Å². The molecular weight excluding hydrogens is 394 g/mol. The van der Waals surface area contributed by atoms with E-state index in [4.69, 9.17) is 9.47 Å². The first-order valence-electron chi connectivity index (χ1n) is 10.8. The molecule has 1 fully saturated rings. The highest BCUT2D eigenvalue weighted by molar-refractivity contribution is 5.99. The maximum absolute atomic E-state index is 12.4. The molecule has 164 valence electrons. The summed E-state index contributed by atoms with van der Waals surface area (Å²) < 4.78 is 11.0. The average molecular weight is 424 g/mol. The summed E-state index contributed by atoms with van der Waals surface area (Å²) in [5.41, 5.74) is 3.78. The van der Waals surface area contributed by atoms with Crippen LogP contribution in [-0.4, -0.2) is 62.7 Å². The van der Waals surface area contributed by atoms with E-state index in [0.29, 0.717) is 30.8 Å². The number of hydrogen-bond acceptors (Lipinski definition) is 5. The molecule has 0 aliphatic carbocycles. The Morgan fingerprint density at radius 3 is 2.61 bits per heavy atom. The lowest BCUT2D eigenvalue weighted by atomic mass is 10.1. The van der Waals surface area contributed by atoms with Crippen LogP contribution in [0, 0.1) is 6.92 Å². The van der Waals surface area contributed by atoms with E-state index in [0.717, 1.165) is 44.1 Å². The SMILES string of the molecule is Cc1ccc(CCC(=O)Nc2ccc3c(c2)OCC(=O)N3CCN2CCOCC2)cc1. The van der Waals surface area contributed by atoms with Gasteiger partial charge in [0.15, 0.2) is 6.61 Å². The topological polar surface area (TPSA) is 71.1 Å². The number of benzene rings is 2. The molecule has 0 atom stereocenters. The van der Waals surface area contributed by atoms with Gasteiger partial charge < -0.3 is 19.7 Å². The third kappa shape index (κ3) is 5.62. The van der Waals surface area contributed by atoms with Crippen LogP contribution < -0.4 is 15.0 Å². The minimum Gasteiger partial charge on any atom is -0.481 e. The third-order valence-electron chi connectivity index (χ3n) is 5.69. The Kier molecular flexibility index (Phi) is 6.84. The molecule has 0 unspecified atom stereocenters. The summed E-state index contributed by atoms with van der Waals surface area (Å²) in [5.74, 6) is 0.533. The fourth-order valence-electron chi connectivity index (χ4n) is 3.83. The molecular formula is C24H29N3O4. The lowest BCUT2D eigenvalue weighted by Crippen LogP contribution is -2.45. The summed E-state index contributed by atoms with van der Waals surface area (Å²) in [6, 6.07) is 13.7. The predicted molar refractivity (Wildman–Crippen MR) is 120 cm³/mol. The zero-order chi connectivity index (χ0) is 21.6. The Labute approximate surface area is 182 Å². The molecule has 4 rings (SSSR count). The van der Waals surface area contributed by atoms with Gasteiger partial charge in [-0.15, -0.1) is 0 Å². The van der Waals surface area contributed by atoms with Crippen molar-refractivity contribution in [3.63, 3.8) is 0 Å². The van der Waals surface area contributed by atoms with E-state index >= 15 is 0 Å². The molecule has 0 spiro atoms. The van der Waals surface area contributed by atoms with Gasteiger partial charge in [-0.3, -0.25) is 14.5 Å². The molecule has 2 aliphatic rings. The first kappa shape index (κ1) is 21.3. The van der Waals surface area contributed by atoms with Crippen LogP contribution in [0.25, 0.3) is 0 Å². The van der Waals surface area contributed by atoms with Crippen molar-refractivity contribution in [2.45, 2.75) is 19.8 Å². The first-order chi connectivity index (χ1) is 15.1. The van der Waals surface area contributed by atoms with Gasteiger partial charge in [-0.1, -0.05) is 29.8 Å². The molecule has 0 aromatic heterocycles. The quantitative estimate of drug-likeness (QED) is 0.741. The monoisotopic (exact) mass is 423 g/mol. The van der Waals surface area contributed by atoms with Crippen molar-refractivity contribution < 1.29 is 19.1 Å². The number of amides is 2. The maximum Gasteiger partial charge on any atom is 0.265 e. The Morgan fingerprint density at radius 1 is 1.06 bits per heavy atom. The zero-order valence-electron chi connectivity index (χ0n) is 17.9. The van der Waals surface area contributed by atoms with Crippen molar-refractivity contribution >= 4 is 23.2 Å². The normalized spacial score (nSPS) is 16.5. The molecule has 2 amide bonds. The summed E-state index contributed by atoms with van der Waals surface area (Å²) in [6.45, 7) is 6.72. The van der Waals surface area contributed by atoms with E-state index in [1.807, 2.05) is 19.1 Å². The van der Waals surface area contributed by atoms with Gasteiger partial charge in [0, 0.05) is 44.4 Å². The van der Waals surface area contributed by atoms with Crippen LogP contribution in [0.4, 0.5) is 11.4 Å². The number of aryl methyl sites for hydroxylation is 2. The van der Waals surface area contributed by atoms with Crippen molar-refractivity contribution in [2.24, 2.45) is 0 Å². The number of fused-ring (bicyclic) bond motifs is 1. The van der Waals surface area contributed by atoms with E-state index in [1.54, 1.807) is 11.0 Å². The molecule has 0 saturated carbocycles. The predicted octanol–water partition coefficient (Wildman–Crippen LogP) is 2.62. The van der Waals surface area contributed by atoms with Crippen LogP contribution in [-0.2, 0) is 20.7 Å². The van der Waals surface area contributed by atoms with Crippen molar-refractivity contribution in [2.75, 3.05) is 56.2 Å². The highest BCUT2D eigenvalue weighted by Gasteiger charge is 2.26. The fraction of sp³-hybridized carbons (Fsp3) is 0.417. The Morgan fingerprint density at radius 2 is 1.84 bits per heavy atom. The molecule has 31 heavy (non-hydrogen) atoms. The van der Waals surface area contributed by atoms with Gasteiger partial charge in [0.2, 0.25) is 5.91 Å². The standard InChI is InChI=1S/C24H29N3O4/c1-18-2-4-19(5-3-18)6-9-23(28)25-20-7-8-21-22(16-20)31-17-24(29)27(21)11-10-26-12-14-30-15-13-26/h2-5,7-8,16H,6,9-15,17H2,1H3,(H,25,28). The number of anilines is 2. The second-order valence-electron chi connectivity index (χ2n) is 8.00. The summed E-state index contributed by atoms with van der Waals surface area (Å²) in [4.78, 5) is 28.9. The minimum atomic E-state index is -0.0457. The maximum atomic E-state index is 12.4. The van der Waals surface area contributed by atoms with Gasteiger partial charge in [-0.25, -0.2) is 0 Å². The average Bonchev–Trinajstić information content (AvgIpc) is 2.79. The molecule has 1 saturated heterocycles. The zero-order valence-corrected chi connectivity index (χ0v) is 17.9. The molecule has 2 aromatic carbocycles. The van der Waals surface area contributed by atoms with E-state index < -0.39 is 0 Å². The number of hydrogen-bond donors (Lipinski definition) is 1. The van der Waals surface area contributed by atoms with Crippen LogP contribution in [0.5, 0.6) is 5.75 Å². The van der Waals surface area contributed by atoms with Crippen LogP contribution in [0.2, 0.25) is 0 Å². The molecule has 1 N–H and O–H groups in total. The van der Waals surface area contributed by atoms with Gasteiger partial charge in [0.05, 0.1) is 18.9 Å². The van der Waals surface area contributed by atoms with Crippen LogP contribution in [0.1, 0.15) is 17.5 Å². The molecule has 7 nitrogen and oxygen atoms in total. The summed E-state index contributed by atoms with van der Waals surface area (Å²) >= 11 is 0. The number of carbonyl (C=O) groups is 2. The second-order valence-corrected chi connectivity index (χ2v) is 8.00. The number of rotatable bonds is 7. The smallest absolute Gasteiger partial charge is 0.265 e. The largest absolute Gasteiger partial charge is 0.481 e. The number of ether oxygens (including phenoxy) is 2. The van der Waals surface area contributed by atoms with E-state index in [2.05, 4.69) is 34.5 Å². The van der Waals surface area contributed by atoms with Crippen molar-refractivity contribution in [3.8, 4) is 5.75 Å². The fourth-order valence-corrected chi connectivity index (χ4v) is 3.83. The van der Waals surface area contributed by atoms with Crippen molar-refractivity contribution in [3.05, 3.63) is 53.6 Å². The van der Waals surface area contributed by atoms with Crippen LogP contribution in [0.3, 0.4) is 0 Å². The first-order valence-corrected chi connectivity index (χ1v) is 10.8. The Balaban J connectivity index is 1.35. The summed E-state index contributed by atoms with van der Waals surface area (Å²) in [5, 5.41) is 2.94. The summed E-state index contributed by atoms with van der Waals surface area (Å²) in [7, 11) is 0. The molecule has 2 aromatic rings. The van der Waals surface area contributed by atoms with E-state index in [-0.39, 0.29) is 18.4 Å². The highest BCUT2D eigenvalue weighted by Crippen LogP contribution is 2.34. The highest BCUT2D eigenvalue weighted by atomic mass is 16.5. The van der Waals surface area contributed by atoms with Crippen molar-refractivity contribution in [1.29, 1.82) is 0 Å². The second kappa shape index (κ2) is 9.94. The van der Waals surface area contributed by atoms with Crippen molar-refractivity contribution in [1.82, 2.24) is 4.90 Å². The van der Waals surface area contributed by atoms with Gasteiger partial charge in [0.1, 0.15) is 5.75 Å². The molecule has 0 bridgehead atoms. The Hall–Kier alpha value is -2.90. The van der Waals surface area contributed by atoms with Gasteiger partial charge in [0.25, 0.3) is 5.91 Å². The number of nitrogens with one attached hydrogen (secondary N) is 1. The Bertz CT molecular complexity index is 923. The molecule has 2 aliphatic heterocycles. The van der Waals surface area contributed by atoms with E-state index in [9.17, 15) is 9.59 Å². The van der Waals surface area contributed by atoms with Gasteiger partial charge in [-0.2, -0.15) is 0 Å². The van der Waals surface area contributed by atoms with Crippen LogP contribution in [0.15, 0.2) is 42.5 Å². The van der Waals surface area contributed by atoms with Gasteiger partial charge in [-0.05, 0) is 31.0 Å². The third-order valence-corrected chi connectivity index (χ3v) is 5.69. The molecule has 2 heterocycles. The lowest BCUT2D eigenvalue weighted by molar-refractivity contribution is -0.121. The molecule has 7 heteroatoms. The van der Waals surface area contributed by atoms with Gasteiger partial charge >= 0.3 is 0 Å². The molecule has 0 radical (unpaired) electrons. The number of morpholine rings is 1. The number of nitrogens with zero attached hydrogens (tertiary/aromatic N) is 2.